The molecule has 4 N–H and O–H groups in total. The number of nitrogens with two attached hydrogens (primary N) is 1. The Morgan fingerprint density at radius 2 is 1.58 bits per heavy atom. The van der Waals surface area contributed by atoms with Crippen LogP contribution < -0.4 is 30.0 Å². The van der Waals surface area contributed by atoms with E-state index in [1.807, 2.05) is 38.1 Å². The average Bonchev–Trinajstić information content (AvgIpc) is 2.99. The molecule has 2 aromatic carbocycles. The molecule has 0 unspecified atom stereocenters. The maximum atomic E-state index is 13.2. The molecule has 2 rings (SSSR count). The number of rotatable bonds is 20. The van der Waals surface area contributed by atoms with Crippen LogP contribution in [-0.4, -0.2) is 64.8 Å². The van der Waals surface area contributed by atoms with Crippen LogP contribution in [-0.2, 0) is 22.5 Å². The van der Waals surface area contributed by atoms with Crippen LogP contribution >= 0.6 is 0 Å². The van der Waals surface area contributed by atoms with Crippen LogP contribution in [0.25, 0.3) is 0 Å². The smallest absolute Gasteiger partial charge is 0.223 e. The van der Waals surface area contributed by atoms with Gasteiger partial charge in [0.1, 0.15) is 11.5 Å². The summed E-state index contributed by atoms with van der Waals surface area (Å²) in [6, 6.07) is 11.0. The van der Waals surface area contributed by atoms with Gasteiger partial charge in [-0.2, -0.15) is 0 Å². The number of hydrogen-bond donors (Lipinski definition) is 3. The Kier molecular flexibility index (Phi) is 15.7. The zero-order chi connectivity index (χ0) is 31.9. The molecule has 9 nitrogen and oxygen atoms in total. The SMILES string of the molecule is COCCCOc1cc(C[C@@H](C[C@H](N)[C@@H](O)C[C@H](C(=O)NCc2ccc(OC)cc2OC)C(C)C)C(C)C)ccc1OC. The normalized spacial score (nSPS) is 14.2. The monoisotopic (exact) mass is 602 g/mol. The van der Waals surface area contributed by atoms with Crippen molar-refractivity contribution in [1.29, 1.82) is 0 Å². The van der Waals surface area contributed by atoms with Gasteiger partial charge in [-0.15, -0.1) is 0 Å². The Morgan fingerprint density at radius 1 is 0.860 bits per heavy atom. The number of carbonyl (C=O) groups excluding carboxylic acids is 1. The van der Waals surface area contributed by atoms with E-state index >= 15 is 0 Å². The number of benzene rings is 2. The van der Waals surface area contributed by atoms with Crippen molar-refractivity contribution < 1.29 is 33.6 Å². The minimum atomic E-state index is -0.814. The van der Waals surface area contributed by atoms with Gasteiger partial charge in [0.25, 0.3) is 0 Å². The minimum Gasteiger partial charge on any atom is -0.497 e. The van der Waals surface area contributed by atoms with Gasteiger partial charge in [0.05, 0.1) is 34.0 Å². The van der Waals surface area contributed by atoms with Crippen LogP contribution in [0.4, 0.5) is 0 Å². The van der Waals surface area contributed by atoms with Gasteiger partial charge in [0, 0.05) is 50.3 Å². The topological polar surface area (TPSA) is 122 Å². The highest BCUT2D eigenvalue weighted by Crippen LogP contribution is 2.32. The van der Waals surface area contributed by atoms with E-state index in [1.54, 1.807) is 34.5 Å². The fourth-order valence-corrected chi connectivity index (χ4v) is 5.18. The van der Waals surface area contributed by atoms with E-state index in [0.29, 0.717) is 55.1 Å². The first kappa shape index (κ1) is 36.2. The molecule has 0 aliphatic carbocycles. The van der Waals surface area contributed by atoms with Crippen molar-refractivity contribution >= 4 is 5.91 Å². The van der Waals surface area contributed by atoms with Crippen molar-refractivity contribution in [3.63, 3.8) is 0 Å². The molecule has 0 heterocycles. The van der Waals surface area contributed by atoms with Crippen LogP contribution in [0.2, 0.25) is 0 Å². The van der Waals surface area contributed by atoms with Crippen molar-refractivity contribution in [2.45, 2.75) is 72.1 Å². The summed E-state index contributed by atoms with van der Waals surface area (Å²) in [5.74, 6) is 2.83. The summed E-state index contributed by atoms with van der Waals surface area (Å²) in [5, 5.41) is 14.2. The molecule has 9 heteroatoms. The molecule has 1 amide bonds. The molecule has 2 aromatic rings. The quantitative estimate of drug-likeness (QED) is 0.181. The molecular weight excluding hydrogens is 548 g/mol. The summed E-state index contributed by atoms with van der Waals surface area (Å²) in [7, 11) is 6.49. The second-order valence-electron chi connectivity index (χ2n) is 11.8. The molecule has 43 heavy (non-hydrogen) atoms. The van der Waals surface area contributed by atoms with Crippen LogP contribution in [0.15, 0.2) is 36.4 Å². The van der Waals surface area contributed by atoms with Crippen molar-refractivity contribution in [2.24, 2.45) is 29.4 Å². The molecule has 0 spiro atoms. The van der Waals surface area contributed by atoms with Gasteiger partial charge in [-0.25, -0.2) is 0 Å². The number of hydrogen-bond acceptors (Lipinski definition) is 8. The fraction of sp³-hybridized carbons (Fsp3) is 0.618. The molecule has 242 valence electrons. The summed E-state index contributed by atoms with van der Waals surface area (Å²) >= 11 is 0. The lowest BCUT2D eigenvalue weighted by Gasteiger charge is -2.30. The summed E-state index contributed by atoms with van der Waals surface area (Å²) in [6.45, 7) is 9.82. The van der Waals surface area contributed by atoms with Gasteiger partial charge in [0.15, 0.2) is 11.5 Å². The first-order valence-corrected chi connectivity index (χ1v) is 15.2. The summed E-state index contributed by atoms with van der Waals surface area (Å²) in [4.78, 5) is 13.2. The predicted octanol–water partition coefficient (Wildman–Crippen LogP) is 5.00. The summed E-state index contributed by atoms with van der Waals surface area (Å²) in [6.07, 6.45) is 1.68. The Balaban J connectivity index is 2.03. The van der Waals surface area contributed by atoms with Gasteiger partial charge in [-0.3, -0.25) is 4.79 Å². The Hall–Kier alpha value is -3.01. The molecule has 0 bridgehead atoms. The Morgan fingerprint density at radius 3 is 2.19 bits per heavy atom. The van der Waals surface area contributed by atoms with Crippen LogP contribution in [0.3, 0.4) is 0 Å². The fourth-order valence-electron chi connectivity index (χ4n) is 5.18. The van der Waals surface area contributed by atoms with Gasteiger partial charge < -0.3 is 39.8 Å². The number of methoxy groups -OCH3 is 4. The summed E-state index contributed by atoms with van der Waals surface area (Å²) in [5.41, 5.74) is 8.56. The Labute approximate surface area is 258 Å². The highest BCUT2D eigenvalue weighted by molar-refractivity contribution is 5.79. The van der Waals surface area contributed by atoms with Crippen LogP contribution in [0, 0.1) is 23.7 Å². The van der Waals surface area contributed by atoms with Crippen molar-refractivity contribution in [2.75, 3.05) is 41.7 Å². The highest BCUT2D eigenvalue weighted by Gasteiger charge is 2.30. The Bertz CT molecular complexity index is 1110. The predicted molar refractivity (Wildman–Crippen MR) is 170 cm³/mol. The lowest BCUT2D eigenvalue weighted by Crippen LogP contribution is -2.42. The van der Waals surface area contributed by atoms with E-state index in [4.69, 9.17) is 29.4 Å². The first-order valence-electron chi connectivity index (χ1n) is 15.2. The lowest BCUT2D eigenvalue weighted by molar-refractivity contribution is -0.127. The van der Waals surface area contributed by atoms with Gasteiger partial charge in [-0.05, 0) is 66.8 Å². The van der Waals surface area contributed by atoms with Crippen molar-refractivity contribution in [3.8, 4) is 23.0 Å². The van der Waals surface area contributed by atoms with E-state index in [2.05, 4.69) is 25.2 Å². The largest absolute Gasteiger partial charge is 0.497 e. The maximum Gasteiger partial charge on any atom is 0.223 e. The standard InChI is InChI=1S/C34H54N2O7/c1-22(2)26(16-24-10-13-31(41-7)33(17-24)43-15-9-14-39-5)18-29(35)30(37)20-28(23(3)4)34(38)36-21-25-11-12-27(40-6)19-32(25)42-8/h10-13,17,19,22-23,26,28-30,37H,9,14-16,18,20-21,35H2,1-8H3,(H,36,38)/t26-,28-,29-,30-/m0/s1. The van der Waals surface area contributed by atoms with E-state index < -0.39 is 12.1 Å². The molecule has 0 aliphatic rings. The van der Waals surface area contributed by atoms with E-state index in [9.17, 15) is 9.90 Å². The molecule has 0 aliphatic heterocycles. The molecule has 0 saturated carbocycles. The molecule has 4 atom stereocenters. The van der Waals surface area contributed by atoms with E-state index in [1.165, 1.54) is 0 Å². The number of carbonyl (C=O) groups is 1. The lowest BCUT2D eigenvalue weighted by atomic mass is 9.81. The van der Waals surface area contributed by atoms with Crippen molar-refractivity contribution in [1.82, 2.24) is 5.32 Å². The number of nitrogens with one attached hydrogen (secondary N) is 1. The average molecular weight is 603 g/mol. The third-order valence-electron chi connectivity index (χ3n) is 8.07. The second-order valence-corrected chi connectivity index (χ2v) is 11.8. The molecule has 0 saturated heterocycles. The number of aliphatic hydroxyl groups is 1. The molecule has 0 radical (unpaired) electrons. The second kappa shape index (κ2) is 18.6. The third kappa shape index (κ3) is 11.5. The number of amides is 1. The number of ether oxygens (including phenoxy) is 5. The van der Waals surface area contributed by atoms with E-state index in [0.717, 1.165) is 24.0 Å². The first-order chi connectivity index (χ1) is 20.5. The zero-order valence-corrected chi connectivity index (χ0v) is 27.4. The number of aliphatic hydroxyl groups excluding tert-OH is 1. The van der Waals surface area contributed by atoms with Gasteiger partial charge in [0.2, 0.25) is 5.91 Å². The summed E-state index contributed by atoms with van der Waals surface area (Å²) < 4.78 is 27.3. The molecular formula is C34H54N2O7. The maximum absolute atomic E-state index is 13.2. The van der Waals surface area contributed by atoms with Gasteiger partial charge >= 0.3 is 0 Å². The van der Waals surface area contributed by atoms with Gasteiger partial charge in [-0.1, -0.05) is 33.8 Å². The van der Waals surface area contributed by atoms with E-state index in [-0.39, 0.29) is 30.1 Å². The van der Waals surface area contributed by atoms with Crippen LogP contribution in [0.5, 0.6) is 23.0 Å². The van der Waals surface area contributed by atoms with Crippen molar-refractivity contribution in [3.05, 3.63) is 47.5 Å². The molecule has 0 aromatic heterocycles. The molecule has 0 fully saturated rings. The van der Waals surface area contributed by atoms with Crippen LogP contribution in [0.1, 0.15) is 58.1 Å². The highest BCUT2D eigenvalue weighted by atomic mass is 16.5. The minimum absolute atomic E-state index is 0.0297. The zero-order valence-electron chi connectivity index (χ0n) is 27.4. The third-order valence-corrected chi connectivity index (χ3v) is 8.07.